The standard InChI is InChI=1S/C29H28BrClN2O3/c30-29-22(7-4-8-24(29)20-5-2-1-3-6-20)18-36-28-14-21(12-11-19-9-10-19)23(13-25(28)31)16-33-26(17-34)27(35)15-32/h1-8,13-14,19,26,33-34H,9-12,16-18H2/t26-/m0/s1. The number of aliphatic hydroxyl groups is 1. The predicted octanol–water partition coefficient (Wildman–Crippen LogP) is 6.23. The first-order chi connectivity index (χ1) is 17.5. The molecule has 3 aromatic carbocycles. The van der Waals surface area contributed by atoms with Crippen LogP contribution in [0, 0.1) is 17.2 Å². The van der Waals surface area contributed by atoms with Crippen molar-refractivity contribution in [3.8, 4) is 22.9 Å². The van der Waals surface area contributed by atoms with Crippen LogP contribution in [0.25, 0.3) is 11.1 Å². The number of nitriles is 1. The van der Waals surface area contributed by atoms with E-state index < -0.39 is 18.4 Å². The van der Waals surface area contributed by atoms with Crippen LogP contribution in [0.5, 0.6) is 5.75 Å². The second-order valence-corrected chi connectivity index (χ2v) is 10.3. The number of carbonyl (C=O) groups is 1. The average Bonchev–Trinajstić information content (AvgIpc) is 3.73. The van der Waals surface area contributed by atoms with Crippen molar-refractivity contribution in [3.05, 3.63) is 86.8 Å². The summed E-state index contributed by atoms with van der Waals surface area (Å²) in [6.45, 7) is 0.239. The number of carbonyl (C=O) groups excluding carboxylic acids is 1. The fraction of sp³-hybridized carbons (Fsp3) is 0.310. The number of halogens is 2. The van der Waals surface area contributed by atoms with Crippen molar-refractivity contribution < 1.29 is 14.6 Å². The predicted molar refractivity (Wildman–Crippen MR) is 145 cm³/mol. The van der Waals surface area contributed by atoms with Gasteiger partial charge in [-0.3, -0.25) is 4.79 Å². The molecule has 3 aromatic rings. The molecule has 0 unspecified atom stereocenters. The van der Waals surface area contributed by atoms with Crippen LogP contribution < -0.4 is 10.1 Å². The van der Waals surface area contributed by atoms with Crippen molar-refractivity contribution in [2.75, 3.05) is 6.61 Å². The maximum atomic E-state index is 11.7. The molecule has 0 heterocycles. The van der Waals surface area contributed by atoms with Gasteiger partial charge in [0.05, 0.1) is 11.6 Å². The van der Waals surface area contributed by atoms with E-state index in [9.17, 15) is 9.90 Å². The summed E-state index contributed by atoms with van der Waals surface area (Å²) in [5.41, 5.74) is 5.26. The molecule has 1 saturated carbocycles. The molecule has 0 amide bonds. The van der Waals surface area contributed by atoms with Gasteiger partial charge >= 0.3 is 0 Å². The lowest BCUT2D eigenvalue weighted by atomic mass is 10.00. The fourth-order valence-electron chi connectivity index (χ4n) is 4.15. The number of nitrogens with zero attached hydrogens (tertiary/aromatic N) is 1. The Morgan fingerprint density at radius 3 is 2.61 bits per heavy atom. The first-order valence-corrected chi connectivity index (χ1v) is 13.2. The third-order valence-corrected chi connectivity index (χ3v) is 7.70. The van der Waals surface area contributed by atoms with Crippen molar-refractivity contribution in [2.24, 2.45) is 5.92 Å². The summed E-state index contributed by atoms with van der Waals surface area (Å²) >= 11 is 10.4. The third kappa shape index (κ3) is 6.74. The zero-order chi connectivity index (χ0) is 25.5. The number of benzene rings is 3. The van der Waals surface area contributed by atoms with E-state index in [0.29, 0.717) is 23.9 Å². The number of ether oxygens (including phenoxy) is 1. The van der Waals surface area contributed by atoms with Gasteiger partial charge in [0, 0.05) is 16.6 Å². The van der Waals surface area contributed by atoms with Gasteiger partial charge in [-0.05, 0) is 69.1 Å². The minimum atomic E-state index is -0.921. The van der Waals surface area contributed by atoms with Gasteiger partial charge in [0.15, 0.2) is 0 Å². The van der Waals surface area contributed by atoms with E-state index in [1.165, 1.54) is 12.8 Å². The third-order valence-electron chi connectivity index (χ3n) is 6.47. The molecule has 0 bridgehead atoms. The minimum absolute atomic E-state index is 0.323. The molecule has 0 aliphatic heterocycles. The quantitative estimate of drug-likeness (QED) is 0.253. The molecule has 0 aromatic heterocycles. The summed E-state index contributed by atoms with van der Waals surface area (Å²) < 4.78 is 7.18. The van der Waals surface area contributed by atoms with Crippen LogP contribution in [0.2, 0.25) is 5.02 Å². The highest BCUT2D eigenvalue weighted by Crippen LogP contribution is 2.37. The van der Waals surface area contributed by atoms with E-state index in [1.54, 1.807) is 6.07 Å². The minimum Gasteiger partial charge on any atom is -0.487 e. The van der Waals surface area contributed by atoms with Crippen molar-refractivity contribution in [1.29, 1.82) is 5.26 Å². The smallest absolute Gasteiger partial charge is 0.251 e. The van der Waals surface area contributed by atoms with Crippen molar-refractivity contribution in [1.82, 2.24) is 5.32 Å². The van der Waals surface area contributed by atoms with Gasteiger partial charge in [0.1, 0.15) is 24.5 Å². The summed E-state index contributed by atoms with van der Waals surface area (Å²) in [5.74, 6) is 0.675. The Morgan fingerprint density at radius 1 is 1.14 bits per heavy atom. The molecule has 36 heavy (non-hydrogen) atoms. The molecule has 1 aliphatic rings. The molecule has 2 N–H and O–H groups in total. The van der Waals surface area contributed by atoms with Crippen LogP contribution in [0.15, 0.2) is 65.1 Å². The summed E-state index contributed by atoms with van der Waals surface area (Å²) in [5, 5.41) is 21.8. The molecule has 1 aliphatic carbocycles. The number of Topliss-reactive ketones (excluding diaryl/α,β-unsaturated/α-hetero) is 1. The number of aryl methyl sites for hydroxylation is 1. The van der Waals surface area contributed by atoms with Crippen LogP contribution in [0.1, 0.15) is 36.0 Å². The van der Waals surface area contributed by atoms with Gasteiger partial charge in [0.25, 0.3) is 5.78 Å². The highest BCUT2D eigenvalue weighted by molar-refractivity contribution is 9.10. The van der Waals surface area contributed by atoms with Gasteiger partial charge in [-0.2, -0.15) is 5.26 Å². The van der Waals surface area contributed by atoms with Gasteiger partial charge in [-0.1, -0.05) is 73.0 Å². The Kier molecular flexibility index (Phi) is 9.17. The van der Waals surface area contributed by atoms with E-state index in [2.05, 4.69) is 39.4 Å². The van der Waals surface area contributed by atoms with E-state index in [0.717, 1.165) is 51.0 Å². The van der Waals surface area contributed by atoms with Gasteiger partial charge in [-0.15, -0.1) is 0 Å². The molecule has 7 heteroatoms. The second-order valence-electron chi connectivity index (χ2n) is 9.06. The SMILES string of the molecule is N#CC(=O)[C@H](CO)NCc1cc(Cl)c(OCc2cccc(-c3ccccc3)c2Br)cc1CCC1CC1. The number of aliphatic hydroxyl groups excluding tert-OH is 1. The Hall–Kier alpha value is -2.69. The molecule has 1 atom stereocenters. The van der Waals surface area contributed by atoms with Crippen molar-refractivity contribution in [3.63, 3.8) is 0 Å². The van der Waals surface area contributed by atoms with Crippen LogP contribution >= 0.6 is 27.5 Å². The molecular weight excluding hydrogens is 540 g/mol. The lowest BCUT2D eigenvalue weighted by Crippen LogP contribution is -2.38. The number of nitrogens with one attached hydrogen (secondary N) is 1. The van der Waals surface area contributed by atoms with Gasteiger partial charge in [0.2, 0.25) is 0 Å². The summed E-state index contributed by atoms with van der Waals surface area (Å²) in [6, 6.07) is 20.8. The Bertz CT molecular complexity index is 1260. The van der Waals surface area contributed by atoms with E-state index in [-0.39, 0.29) is 0 Å². The Balaban J connectivity index is 1.52. The summed E-state index contributed by atoms with van der Waals surface area (Å²) in [6.07, 6.45) is 4.48. The average molecular weight is 568 g/mol. The molecule has 0 spiro atoms. The number of hydrogen-bond donors (Lipinski definition) is 2. The highest BCUT2D eigenvalue weighted by atomic mass is 79.9. The second kappa shape index (κ2) is 12.5. The first kappa shape index (κ1) is 26.4. The van der Waals surface area contributed by atoms with Crippen molar-refractivity contribution >= 4 is 33.3 Å². The van der Waals surface area contributed by atoms with Crippen molar-refractivity contribution in [2.45, 2.75) is 44.9 Å². The Labute approximate surface area is 225 Å². The maximum absolute atomic E-state index is 11.7. The summed E-state index contributed by atoms with van der Waals surface area (Å²) in [4.78, 5) is 11.7. The summed E-state index contributed by atoms with van der Waals surface area (Å²) in [7, 11) is 0. The lowest BCUT2D eigenvalue weighted by molar-refractivity contribution is -0.116. The fourth-order valence-corrected chi connectivity index (χ4v) is 5.00. The molecule has 4 rings (SSSR count). The first-order valence-electron chi connectivity index (χ1n) is 12.0. The number of ketones is 1. The zero-order valence-corrected chi connectivity index (χ0v) is 22.2. The van der Waals surface area contributed by atoms with Gasteiger partial charge in [-0.25, -0.2) is 0 Å². The monoisotopic (exact) mass is 566 g/mol. The number of hydrogen-bond acceptors (Lipinski definition) is 5. The number of rotatable bonds is 12. The highest BCUT2D eigenvalue weighted by Gasteiger charge is 2.22. The topological polar surface area (TPSA) is 82.4 Å². The van der Waals surface area contributed by atoms with E-state index in [1.807, 2.05) is 42.5 Å². The van der Waals surface area contributed by atoms with Crippen LogP contribution in [0.4, 0.5) is 0 Å². The van der Waals surface area contributed by atoms with Crippen LogP contribution in [-0.4, -0.2) is 23.5 Å². The van der Waals surface area contributed by atoms with Crippen LogP contribution in [-0.2, 0) is 24.4 Å². The van der Waals surface area contributed by atoms with Crippen LogP contribution in [0.3, 0.4) is 0 Å². The molecular formula is C29H28BrClN2O3. The molecule has 5 nitrogen and oxygen atoms in total. The normalized spacial score (nSPS) is 13.7. The molecule has 0 saturated heterocycles. The molecule has 186 valence electrons. The molecule has 0 radical (unpaired) electrons. The van der Waals surface area contributed by atoms with E-state index in [4.69, 9.17) is 21.6 Å². The molecule has 1 fully saturated rings. The zero-order valence-electron chi connectivity index (χ0n) is 19.8. The van der Waals surface area contributed by atoms with Gasteiger partial charge < -0.3 is 15.2 Å². The maximum Gasteiger partial charge on any atom is 0.251 e. The Morgan fingerprint density at radius 2 is 1.92 bits per heavy atom. The largest absolute Gasteiger partial charge is 0.487 e. The van der Waals surface area contributed by atoms with E-state index >= 15 is 0 Å². The lowest BCUT2D eigenvalue weighted by Gasteiger charge is -2.18.